The average Bonchev–Trinajstić information content (AvgIpc) is 3.13. The van der Waals surface area contributed by atoms with E-state index in [2.05, 4.69) is 15.3 Å². The number of nitrogens with zero attached hydrogens (tertiary/aromatic N) is 4. The monoisotopic (exact) mass is 289 g/mol. The van der Waals surface area contributed by atoms with E-state index in [-0.39, 0.29) is 12.0 Å². The molecule has 0 bridgehead atoms. The Labute approximate surface area is 123 Å². The van der Waals surface area contributed by atoms with Crippen molar-refractivity contribution in [3.05, 3.63) is 17.5 Å². The lowest BCUT2D eigenvalue weighted by molar-refractivity contribution is -0.123. The summed E-state index contributed by atoms with van der Waals surface area (Å²) in [6.45, 7) is 3.92. The van der Waals surface area contributed by atoms with Crippen LogP contribution in [0.15, 0.2) is 6.07 Å². The first-order chi connectivity index (χ1) is 10.2. The summed E-state index contributed by atoms with van der Waals surface area (Å²) in [4.78, 5) is 14.0. The van der Waals surface area contributed by atoms with Crippen LogP contribution in [0, 0.1) is 11.3 Å². The van der Waals surface area contributed by atoms with Gasteiger partial charge in [0.25, 0.3) is 0 Å². The van der Waals surface area contributed by atoms with E-state index in [1.807, 2.05) is 10.8 Å². The molecule has 1 amide bonds. The zero-order valence-corrected chi connectivity index (χ0v) is 11.9. The number of amides is 1. The number of hydrogen-bond donors (Lipinski definition) is 1. The Morgan fingerprint density at radius 3 is 3.24 bits per heavy atom. The standard InChI is InChI=1S/C14H19N5O2/c15-7-11-6-12-9-18(3-4-19(12)17-11)10-14(20)16-8-13-2-1-5-21-13/h6,13H,1-5,8-10H2,(H,16,20). The number of hydrogen-bond acceptors (Lipinski definition) is 5. The third kappa shape index (κ3) is 3.40. The quantitative estimate of drug-likeness (QED) is 0.834. The SMILES string of the molecule is N#Cc1cc2n(n1)CCN(CC(=O)NCC1CCCO1)C2. The molecule has 0 aliphatic carbocycles. The van der Waals surface area contributed by atoms with Crippen LogP contribution in [0.25, 0.3) is 0 Å². The Kier molecular flexibility index (Phi) is 4.18. The van der Waals surface area contributed by atoms with Crippen LogP contribution >= 0.6 is 0 Å². The fourth-order valence-corrected chi connectivity index (χ4v) is 2.80. The number of nitriles is 1. The third-order valence-corrected chi connectivity index (χ3v) is 3.91. The molecular formula is C14H19N5O2. The van der Waals surface area contributed by atoms with Gasteiger partial charge in [-0.25, -0.2) is 0 Å². The molecule has 112 valence electrons. The van der Waals surface area contributed by atoms with E-state index in [4.69, 9.17) is 10.00 Å². The van der Waals surface area contributed by atoms with Gasteiger partial charge in [-0.05, 0) is 18.9 Å². The van der Waals surface area contributed by atoms with Crippen LogP contribution in [0.2, 0.25) is 0 Å². The molecule has 0 spiro atoms. The van der Waals surface area contributed by atoms with Gasteiger partial charge in [-0.3, -0.25) is 14.4 Å². The highest BCUT2D eigenvalue weighted by Gasteiger charge is 2.21. The maximum atomic E-state index is 12.0. The third-order valence-electron chi connectivity index (χ3n) is 3.91. The van der Waals surface area contributed by atoms with Gasteiger partial charge in [0, 0.05) is 26.2 Å². The first-order valence-electron chi connectivity index (χ1n) is 7.32. The van der Waals surface area contributed by atoms with Gasteiger partial charge in [0.05, 0.1) is 24.9 Å². The number of aromatic nitrogens is 2. The van der Waals surface area contributed by atoms with Gasteiger partial charge in [0.2, 0.25) is 5.91 Å². The van der Waals surface area contributed by atoms with Gasteiger partial charge >= 0.3 is 0 Å². The summed E-state index contributed by atoms with van der Waals surface area (Å²) in [6.07, 6.45) is 2.28. The second-order valence-electron chi connectivity index (χ2n) is 5.51. The van der Waals surface area contributed by atoms with E-state index in [1.54, 1.807) is 6.07 Å². The number of carbonyl (C=O) groups is 1. The first kappa shape index (κ1) is 14.0. The number of nitrogens with one attached hydrogen (secondary N) is 1. The Hall–Kier alpha value is -1.91. The van der Waals surface area contributed by atoms with Crippen LogP contribution in [0.3, 0.4) is 0 Å². The van der Waals surface area contributed by atoms with Crippen molar-refractivity contribution < 1.29 is 9.53 Å². The summed E-state index contributed by atoms with van der Waals surface area (Å²) in [5.41, 5.74) is 1.43. The molecule has 0 aromatic carbocycles. The molecule has 21 heavy (non-hydrogen) atoms. The van der Waals surface area contributed by atoms with Crippen LogP contribution in [0.1, 0.15) is 24.2 Å². The van der Waals surface area contributed by atoms with Crippen molar-refractivity contribution in [2.75, 3.05) is 26.2 Å². The van der Waals surface area contributed by atoms with Crippen LogP contribution < -0.4 is 5.32 Å². The van der Waals surface area contributed by atoms with Crippen molar-refractivity contribution in [3.63, 3.8) is 0 Å². The van der Waals surface area contributed by atoms with Crippen molar-refractivity contribution in [3.8, 4) is 6.07 Å². The van der Waals surface area contributed by atoms with E-state index in [0.717, 1.165) is 38.2 Å². The van der Waals surface area contributed by atoms with Gasteiger partial charge in [0.15, 0.2) is 5.69 Å². The summed E-state index contributed by atoms with van der Waals surface area (Å²) >= 11 is 0. The van der Waals surface area contributed by atoms with Crippen LogP contribution in [-0.4, -0.2) is 52.9 Å². The molecule has 7 heteroatoms. The van der Waals surface area contributed by atoms with E-state index in [1.165, 1.54) is 0 Å². The van der Waals surface area contributed by atoms with Gasteiger partial charge in [-0.1, -0.05) is 0 Å². The zero-order chi connectivity index (χ0) is 14.7. The highest BCUT2D eigenvalue weighted by Crippen LogP contribution is 2.13. The summed E-state index contributed by atoms with van der Waals surface area (Å²) < 4.78 is 7.33. The Balaban J connectivity index is 1.47. The molecular weight excluding hydrogens is 270 g/mol. The minimum absolute atomic E-state index is 0.0268. The van der Waals surface area contributed by atoms with E-state index in [9.17, 15) is 4.79 Å². The minimum Gasteiger partial charge on any atom is -0.376 e. The smallest absolute Gasteiger partial charge is 0.234 e. The lowest BCUT2D eigenvalue weighted by Crippen LogP contribution is -2.43. The molecule has 1 aromatic rings. The average molecular weight is 289 g/mol. The van der Waals surface area contributed by atoms with E-state index in [0.29, 0.717) is 25.3 Å². The molecule has 1 saturated heterocycles. The summed E-state index contributed by atoms with van der Waals surface area (Å²) in [5, 5.41) is 16.0. The molecule has 2 aliphatic rings. The zero-order valence-electron chi connectivity index (χ0n) is 11.9. The second kappa shape index (κ2) is 6.24. The maximum absolute atomic E-state index is 12.0. The fourth-order valence-electron chi connectivity index (χ4n) is 2.80. The van der Waals surface area contributed by atoms with Crippen molar-refractivity contribution >= 4 is 5.91 Å². The molecule has 7 nitrogen and oxygen atoms in total. The molecule has 1 atom stereocenters. The highest BCUT2D eigenvalue weighted by molar-refractivity contribution is 5.78. The summed E-state index contributed by atoms with van der Waals surface area (Å²) in [5.74, 6) is 0.0268. The molecule has 0 radical (unpaired) electrons. The lowest BCUT2D eigenvalue weighted by atomic mass is 10.2. The number of carbonyl (C=O) groups excluding carboxylic acids is 1. The molecule has 2 aliphatic heterocycles. The van der Waals surface area contributed by atoms with Gasteiger partial charge < -0.3 is 10.1 Å². The molecule has 1 unspecified atom stereocenters. The molecule has 1 aromatic heterocycles. The first-order valence-corrected chi connectivity index (χ1v) is 7.32. The van der Waals surface area contributed by atoms with Crippen LogP contribution in [-0.2, 0) is 22.6 Å². The molecule has 0 saturated carbocycles. The van der Waals surface area contributed by atoms with Crippen LogP contribution in [0.4, 0.5) is 0 Å². The van der Waals surface area contributed by atoms with Crippen molar-refractivity contribution in [1.29, 1.82) is 5.26 Å². The van der Waals surface area contributed by atoms with Crippen LogP contribution in [0.5, 0.6) is 0 Å². The largest absolute Gasteiger partial charge is 0.376 e. The Morgan fingerprint density at radius 1 is 1.57 bits per heavy atom. The molecule has 3 heterocycles. The predicted octanol–water partition coefficient (Wildman–Crippen LogP) is -0.134. The van der Waals surface area contributed by atoms with Crippen molar-refractivity contribution in [2.24, 2.45) is 0 Å². The van der Waals surface area contributed by atoms with Gasteiger partial charge in [-0.2, -0.15) is 10.4 Å². The van der Waals surface area contributed by atoms with E-state index < -0.39 is 0 Å². The predicted molar refractivity (Wildman–Crippen MR) is 74.2 cm³/mol. The van der Waals surface area contributed by atoms with Crippen molar-refractivity contribution in [2.45, 2.75) is 32.0 Å². The number of ether oxygens (including phenoxy) is 1. The second-order valence-corrected chi connectivity index (χ2v) is 5.51. The highest BCUT2D eigenvalue weighted by atomic mass is 16.5. The molecule has 1 N–H and O–H groups in total. The summed E-state index contributed by atoms with van der Waals surface area (Å²) in [7, 11) is 0. The molecule has 3 rings (SSSR count). The lowest BCUT2D eigenvalue weighted by Gasteiger charge is -2.26. The topological polar surface area (TPSA) is 83.2 Å². The Morgan fingerprint density at radius 2 is 2.48 bits per heavy atom. The van der Waals surface area contributed by atoms with Gasteiger partial charge in [0.1, 0.15) is 6.07 Å². The van der Waals surface area contributed by atoms with Crippen molar-refractivity contribution in [1.82, 2.24) is 20.0 Å². The maximum Gasteiger partial charge on any atom is 0.234 e. The Bertz CT molecular complexity index is 556. The minimum atomic E-state index is 0.0268. The number of fused-ring (bicyclic) bond motifs is 1. The summed E-state index contributed by atoms with van der Waals surface area (Å²) in [6, 6.07) is 3.84. The normalized spacial score (nSPS) is 21.8. The van der Waals surface area contributed by atoms with Gasteiger partial charge in [-0.15, -0.1) is 0 Å². The fraction of sp³-hybridized carbons (Fsp3) is 0.643. The number of rotatable bonds is 4. The molecule has 1 fully saturated rings. The van der Waals surface area contributed by atoms with E-state index >= 15 is 0 Å².